The van der Waals surface area contributed by atoms with Gasteiger partial charge in [-0.3, -0.25) is 4.98 Å². The number of nitrogens with two attached hydrogens (primary N) is 1. The van der Waals surface area contributed by atoms with Gasteiger partial charge < -0.3 is 10.3 Å². The molecular formula is C11H14N4. The third-order valence-corrected chi connectivity index (χ3v) is 2.48. The zero-order chi connectivity index (χ0) is 10.8. The van der Waals surface area contributed by atoms with Crippen LogP contribution in [0, 0.1) is 0 Å². The van der Waals surface area contributed by atoms with E-state index in [-0.39, 0.29) is 0 Å². The molecule has 4 nitrogen and oxygen atoms in total. The van der Waals surface area contributed by atoms with E-state index in [1.165, 1.54) is 0 Å². The highest BCUT2D eigenvalue weighted by Crippen LogP contribution is 2.24. The average Bonchev–Trinajstić information content (AvgIpc) is 2.57. The Morgan fingerprint density at radius 1 is 1.47 bits per heavy atom. The molecular weight excluding hydrogens is 188 g/mol. The summed E-state index contributed by atoms with van der Waals surface area (Å²) in [4.78, 5) is 8.56. The van der Waals surface area contributed by atoms with Gasteiger partial charge in [0, 0.05) is 31.4 Å². The molecule has 0 fully saturated rings. The van der Waals surface area contributed by atoms with Crippen molar-refractivity contribution in [2.75, 3.05) is 5.73 Å². The van der Waals surface area contributed by atoms with Crippen LogP contribution < -0.4 is 5.73 Å². The fourth-order valence-corrected chi connectivity index (χ4v) is 1.59. The number of rotatable bonds is 2. The van der Waals surface area contributed by atoms with Gasteiger partial charge in [-0.25, -0.2) is 4.98 Å². The quantitative estimate of drug-likeness (QED) is 0.805. The Labute approximate surface area is 88.8 Å². The molecule has 78 valence electrons. The van der Waals surface area contributed by atoms with Crippen LogP contribution in [0.2, 0.25) is 0 Å². The second-order valence-corrected chi connectivity index (χ2v) is 3.42. The zero-order valence-electron chi connectivity index (χ0n) is 8.94. The Balaban J connectivity index is 2.55. The summed E-state index contributed by atoms with van der Waals surface area (Å²) in [6, 6.07) is 3.85. The Kier molecular flexibility index (Phi) is 2.41. The van der Waals surface area contributed by atoms with Crippen LogP contribution in [0.1, 0.15) is 12.7 Å². The van der Waals surface area contributed by atoms with Crippen LogP contribution in [0.4, 0.5) is 5.82 Å². The van der Waals surface area contributed by atoms with E-state index in [1.54, 1.807) is 12.4 Å². The van der Waals surface area contributed by atoms with Crippen LogP contribution in [-0.2, 0) is 13.5 Å². The fraction of sp³-hybridized carbons (Fsp3) is 0.273. The lowest BCUT2D eigenvalue weighted by molar-refractivity contribution is 0.816. The number of imidazole rings is 1. The highest BCUT2D eigenvalue weighted by atomic mass is 15.1. The molecule has 0 spiro atoms. The number of anilines is 1. The summed E-state index contributed by atoms with van der Waals surface area (Å²) < 4.78 is 1.92. The van der Waals surface area contributed by atoms with Gasteiger partial charge in [0.2, 0.25) is 0 Å². The first-order valence-corrected chi connectivity index (χ1v) is 4.95. The van der Waals surface area contributed by atoms with E-state index >= 15 is 0 Å². The van der Waals surface area contributed by atoms with Crippen LogP contribution in [0.25, 0.3) is 11.3 Å². The topological polar surface area (TPSA) is 56.7 Å². The molecule has 15 heavy (non-hydrogen) atoms. The first kappa shape index (κ1) is 9.71. The standard InChI is InChI=1S/C11H14N4/c1-3-9-14-10(11(12)15(9)2)8-5-4-6-13-7-8/h4-7H,3,12H2,1-2H3. The molecule has 0 aliphatic heterocycles. The molecule has 0 radical (unpaired) electrons. The average molecular weight is 202 g/mol. The number of aromatic nitrogens is 3. The molecule has 0 amide bonds. The number of hydrogen-bond donors (Lipinski definition) is 1. The lowest BCUT2D eigenvalue weighted by Gasteiger charge is -1.99. The summed E-state index contributed by atoms with van der Waals surface area (Å²) in [5.41, 5.74) is 7.77. The lowest BCUT2D eigenvalue weighted by atomic mass is 10.2. The summed E-state index contributed by atoms with van der Waals surface area (Å²) in [5, 5.41) is 0. The Bertz CT molecular complexity index is 459. The maximum Gasteiger partial charge on any atom is 0.131 e. The normalized spacial score (nSPS) is 10.5. The SMILES string of the molecule is CCc1nc(-c2cccnc2)c(N)n1C. The molecule has 0 aliphatic rings. The van der Waals surface area contributed by atoms with Crippen LogP contribution in [0.5, 0.6) is 0 Å². The number of pyridine rings is 1. The Morgan fingerprint density at radius 3 is 2.80 bits per heavy atom. The monoisotopic (exact) mass is 202 g/mol. The molecule has 0 aliphatic carbocycles. The van der Waals surface area contributed by atoms with E-state index in [1.807, 2.05) is 23.7 Å². The van der Waals surface area contributed by atoms with Crippen molar-refractivity contribution in [3.8, 4) is 11.3 Å². The second-order valence-electron chi connectivity index (χ2n) is 3.42. The van der Waals surface area contributed by atoms with Crippen molar-refractivity contribution in [3.63, 3.8) is 0 Å². The van der Waals surface area contributed by atoms with Gasteiger partial charge in [0.1, 0.15) is 17.3 Å². The Hall–Kier alpha value is -1.84. The third-order valence-electron chi connectivity index (χ3n) is 2.48. The summed E-state index contributed by atoms with van der Waals surface area (Å²) in [6.45, 7) is 2.06. The molecule has 0 saturated carbocycles. The number of hydrogen-bond acceptors (Lipinski definition) is 3. The summed E-state index contributed by atoms with van der Waals surface area (Å²) in [5.74, 6) is 1.69. The molecule has 0 saturated heterocycles. The highest BCUT2D eigenvalue weighted by Gasteiger charge is 2.11. The fourth-order valence-electron chi connectivity index (χ4n) is 1.59. The van der Waals surface area contributed by atoms with Crippen LogP contribution in [0.3, 0.4) is 0 Å². The summed E-state index contributed by atoms with van der Waals surface area (Å²) >= 11 is 0. The second kappa shape index (κ2) is 3.73. The number of nitrogens with zero attached hydrogens (tertiary/aromatic N) is 3. The minimum Gasteiger partial charge on any atom is -0.383 e. The van der Waals surface area contributed by atoms with Gasteiger partial charge in [0.25, 0.3) is 0 Å². The zero-order valence-corrected chi connectivity index (χ0v) is 8.94. The van der Waals surface area contributed by atoms with E-state index in [0.29, 0.717) is 5.82 Å². The minimum absolute atomic E-state index is 0.694. The van der Waals surface area contributed by atoms with Gasteiger partial charge in [-0.2, -0.15) is 0 Å². The molecule has 2 aromatic heterocycles. The van der Waals surface area contributed by atoms with Crippen molar-refractivity contribution < 1.29 is 0 Å². The van der Waals surface area contributed by atoms with E-state index in [9.17, 15) is 0 Å². The van der Waals surface area contributed by atoms with E-state index < -0.39 is 0 Å². The van der Waals surface area contributed by atoms with Gasteiger partial charge in [0.15, 0.2) is 0 Å². The molecule has 0 unspecified atom stereocenters. The van der Waals surface area contributed by atoms with Crippen molar-refractivity contribution in [1.29, 1.82) is 0 Å². The molecule has 0 aromatic carbocycles. The van der Waals surface area contributed by atoms with Crippen LogP contribution in [0.15, 0.2) is 24.5 Å². The van der Waals surface area contributed by atoms with Gasteiger partial charge in [-0.05, 0) is 12.1 Å². The van der Waals surface area contributed by atoms with Crippen molar-refractivity contribution >= 4 is 5.82 Å². The van der Waals surface area contributed by atoms with Crippen LogP contribution >= 0.6 is 0 Å². The maximum atomic E-state index is 5.98. The molecule has 2 heterocycles. The minimum atomic E-state index is 0.694. The van der Waals surface area contributed by atoms with Gasteiger partial charge in [0.05, 0.1) is 0 Å². The predicted octanol–water partition coefficient (Wildman–Crippen LogP) is 1.63. The van der Waals surface area contributed by atoms with Gasteiger partial charge in [-0.15, -0.1) is 0 Å². The van der Waals surface area contributed by atoms with E-state index in [2.05, 4.69) is 16.9 Å². The van der Waals surface area contributed by atoms with E-state index in [4.69, 9.17) is 5.73 Å². The molecule has 2 rings (SSSR count). The van der Waals surface area contributed by atoms with Crippen molar-refractivity contribution in [2.45, 2.75) is 13.3 Å². The first-order valence-electron chi connectivity index (χ1n) is 4.95. The summed E-state index contributed by atoms with van der Waals surface area (Å²) in [6.07, 6.45) is 4.39. The van der Waals surface area contributed by atoms with Crippen LogP contribution in [-0.4, -0.2) is 14.5 Å². The van der Waals surface area contributed by atoms with E-state index in [0.717, 1.165) is 23.5 Å². The molecule has 0 atom stereocenters. The maximum absolute atomic E-state index is 5.98. The number of aryl methyl sites for hydroxylation is 1. The molecule has 0 bridgehead atoms. The largest absolute Gasteiger partial charge is 0.383 e. The van der Waals surface area contributed by atoms with Crippen molar-refractivity contribution in [2.24, 2.45) is 7.05 Å². The Morgan fingerprint density at radius 2 is 2.27 bits per heavy atom. The summed E-state index contributed by atoms with van der Waals surface area (Å²) in [7, 11) is 1.93. The van der Waals surface area contributed by atoms with Crippen molar-refractivity contribution in [1.82, 2.24) is 14.5 Å². The highest BCUT2D eigenvalue weighted by molar-refractivity contribution is 5.70. The third kappa shape index (κ3) is 1.58. The van der Waals surface area contributed by atoms with Crippen molar-refractivity contribution in [3.05, 3.63) is 30.4 Å². The first-order chi connectivity index (χ1) is 7.24. The molecule has 4 heteroatoms. The van der Waals surface area contributed by atoms with Gasteiger partial charge >= 0.3 is 0 Å². The molecule has 2 aromatic rings. The lowest BCUT2D eigenvalue weighted by Crippen LogP contribution is -2.00. The predicted molar refractivity (Wildman–Crippen MR) is 60.2 cm³/mol. The van der Waals surface area contributed by atoms with Gasteiger partial charge in [-0.1, -0.05) is 6.92 Å². The molecule has 2 N–H and O–H groups in total. The number of nitrogen functional groups attached to an aromatic ring is 1. The smallest absolute Gasteiger partial charge is 0.131 e.